The average Bonchev–Trinajstić information content (AvgIpc) is 3.31. The van der Waals surface area contributed by atoms with Crippen LogP contribution in [0, 0.1) is 0 Å². The van der Waals surface area contributed by atoms with E-state index in [1.165, 1.54) is 0 Å². The lowest BCUT2D eigenvalue weighted by Gasteiger charge is -2.28. The monoisotopic (exact) mass is 391 g/mol. The highest BCUT2D eigenvalue weighted by molar-refractivity contribution is 5.86. The number of unbranched alkanes of at least 4 members (excludes halogenated alkanes) is 2. The standard InChI is InChI=1S/C21H29N3O2.ClH/c1-24(20(25)21(22)13-7-8-14-21)15-9-3-6-12-18-16-19(23-26-18)17-10-4-2-5-11-17;/h2,4-5,10-11,16H,3,6-9,12-15,22H2,1H3;1H. The summed E-state index contributed by atoms with van der Waals surface area (Å²) in [6.07, 6.45) is 7.72. The summed E-state index contributed by atoms with van der Waals surface area (Å²) in [4.78, 5) is 14.3. The zero-order valence-electron chi connectivity index (χ0n) is 16.0. The second kappa shape index (κ2) is 9.90. The molecule has 0 saturated heterocycles. The number of carbonyl (C=O) groups excluding carboxylic acids is 1. The molecule has 1 amide bonds. The van der Waals surface area contributed by atoms with E-state index < -0.39 is 5.54 Å². The van der Waals surface area contributed by atoms with Crippen LogP contribution in [0.25, 0.3) is 11.3 Å². The topological polar surface area (TPSA) is 72.4 Å². The van der Waals surface area contributed by atoms with Crippen LogP contribution in [-0.4, -0.2) is 35.1 Å². The van der Waals surface area contributed by atoms with Crippen molar-refractivity contribution in [2.24, 2.45) is 5.73 Å². The first-order valence-electron chi connectivity index (χ1n) is 9.64. The third kappa shape index (κ3) is 5.56. The number of likely N-dealkylation sites (N-methyl/N-ethyl adjacent to an activating group) is 1. The van der Waals surface area contributed by atoms with E-state index in [1.54, 1.807) is 0 Å². The van der Waals surface area contributed by atoms with Crippen LogP contribution in [0.15, 0.2) is 40.9 Å². The normalized spacial score (nSPS) is 15.3. The van der Waals surface area contributed by atoms with Crippen molar-refractivity contribution in [2.75, 3.05) is 13.6 Å². The highest BCUT2D eigenvalue weighted by atomic mass is 35.5. The second-order valence-corrected chi connectivity index (χ2v) is 7.45. The molecule has 1 aliphatic carbocycles. The third-order valence-corrected chi connectivity index (χ3v) is 5.31. The van der Waals surface area contributed by atoms with Crippen molar-refractivity contribution in [1.82, 2.24) is 10.1 Å². The number of nitrogens with zero attached hydrogens (tertiary/aromatic N) is 2. The molecule has 1 fully saturated rings. The number of hydrogen-bond acceptors (Lipinski definition) is 4. The van der Waals surface area contributed by atoms with Crippen molar-refractivity contribution >= 4 is 18.3 Å². The Labute approximate surface area is 167 Å². The van der Waals surface area contributed by atoms with Crippen LogP contribution in [0.5, 0.6) is 0 Å². The summed E-state index contributed by atoms with van der Waals surface area (Å²) in [5.41, 5.74) is 7.60. The number of aromatic nitrogens is 1. The summed E-state index contributed by atoms with van der Waals surface area (Å²) in [6.45, 7) is 0.767. The summed E-state index contributed by atoms with van der Waals surface area (Å²) < 4.78 is 5.43. The Balaban J connectivity index is 0.00000261. The summed E-state index contributed by atoms with van der Waals surface area (Å²) in [7, 11) is 1.87. The van der Waals surface area contributed by atoms with Crippen molar-refractivity contribution in [1.29, 1.82) is 0 Å². The van der Waals surface area contributed by atoms with E-state index in [4.69, 9.17) is 10.3 Å². The van der Waals surface area contributed by atoms with E-state index in [9.17, 15) is 4.79 Å². The van der Waals surface area contributed by atoms with Gasteiger partial charge in [0.2, 0.25) is 5.91 Å². The predicted molar refractivity (Wildman–Crippen MR) is 110 cm³/mol. The molecule has 6 heteroatoms. The molecule has 0 atom stereocenters. The van der Waals surface area contributed by atoms with Gasteiger partial charge in [0.05, 0.1) is 5.54 Å². The first-order chi connectivity index (χ1) is 12.6. The zero-order chi connectivity index (χ0) is 18.4. The van der Waals surface area contributed by atoms with Gasteiger partial charge in [-0.2, -0.15) is 0 Å². The maximum Gasteiger partial charge on any atom is 0.242 e. The number of amides is 1. The molecule has 0 spiro atoms. The Bertz CT molecular complexity index is 711. The van der Waals surface area contributed by atoms with Gasteiger partial charge in [0, 0.05) is 31.6 Å². The average molecular weight is 392 g/mol. The van der Waals surface area contributed by atoms with Crippen LogP contribution in [-0.2, 0) is 11.2 Å². The van der Waals surface area contributed by atoms with Crippen molar-refractivity contribution in [3.8, 4) is 11.3 Å². The molecular formula is C21H30ClN3O2. The number of halogens is 1. The molecule has 0 unspecified atom stereocenters. The van der Waals surface area contributed by atoms with Gasteiger partial charge in [0.25, 0.3) is 0 Å². The van der Waals surface area contributed by atoms with Gasteiger partial charge in [0.15, 0.2) is 0 Å². The minimum Gasteiger partial charge on any atom is -0.361 e. The lowest BCUT2D eigenvalue weighted by molar-refractivity contribution is -0.135. The maximum atomic E-state index is 12.5. The lowest BCUT2D eigenvalue weighted by Crippen LogP contribution is -2.52. The fourth-order valence-electron chi connectivity index (χ4n) is 3.70. The van der Waals surface area contributed by atoms with Gasteiger partial charge in [-0.1, -0.05) is 54.8 Å². The predicted octanol–water partition coefficient (Wildman–Crippen LogP) is 4.21. The molecule has 2 N–H and O–H groups in total. The quantitative estimate of drug-likeness (QED) is 0.684. The van der Waals surface area contributed by atoms with E-state index in [0.29, 0.717) is 0 Å². The maximum absolute atomic E-state index is 12.5. The number of nitrogens with two attached hydrogens (primary N) is 1. The largest absolute Gasteiger partial charge is 0.361 e. The molecule has 148 valence electrons. The number of carbonyl (C=O) groups is 1. The van der Waals surface area contributed by atoms with Crippen molar-refractivity contribution in [2.45, 2.75) is 56.9 Å². The summed E-state index contributed by atoms with van der Waals surface area (Å²) in [5, 5.41) is 4.15. The molecule has 1 aromatic heterocycles. The minimum absolute atomic E-state index is 0. The highest BCUT2D eigenvalue weighted by Gasteiger charge is 2.38. The number of rotatable bonds is 8. The highest BCUT2D eigenvalue weighted by Crippen LogP contribution is 2.28. The van der Waals surface area contributed by atoms with E-state index in [2.05, 4.69) is 5.16 Å². The number of benzene rings is 1. The van der Waals surface area contributed by atoms with Crippen LogP contribution >= 0.6 is 12.4 Å². The van der Waals surface area contributed by atoms with Crippen molar-refractivity contribution in [3.63, 3.8) is 0 Å². The van der Waals surface area contributed by atoms with Gasteiger partial charge < -0.3 is 15.2 Å². The number of hydrogen-bond donors (Lipinski definition) is 1. The van der Waals surface area contributed by atoms with Crippen LogP contribution in [0.3, 0.4) is 0 Å². The molecule has 2 aromatic rings. The summed E-state index contributed by atoms with van der Waals surface area (Å²) >= 11 is 0. The fourth-order valence-corrected chi connectivity index (χ4v) is 3.70. The van der Waals surface area contributed by atoms with E-state index in [1.807, 2.05) is 48.3 Å². The van der Waals surface area contributed by atoms with Gasteiger partial charge in [-0.3, -0.25) is 4.79 Å². The molecule has 1 saturated carbocycles. The third-order valence-electron chi connectivity index (χ3n) is 5.31. The Morgan fingerprint density at radius 3 is 2.59 bits per heavy atom. The van der Waals surface area contributed by atoms with Crippen LogP contribution < -0.4 is 5.73 Å². The van der Waals surface area contributed by atoms with Gasteiger partial charge in [-0.05, 0) is 25.7 Å². The van der Waals surface area contributed by atoms with E-state index in [-0.39, 0.29) is 18.3 Å². The summed E-state index contributed by atoms with van der Waals surface area (Å²) in [5.74, 6) is 1.03. The minimum atomic E-state index is -0.609. The molecule has 0 bridgehead atoms. The van der Waals surface area contributed by atoms with Crippen LogP contribution in [0.2, 0.25) is 0 Å². The first kappa shape index (κ1) is 21.5. The van der Waals surface area contributed by atoms with Gasteiger partial charge in [0.1, 0.15) is 11.5 Å². The van der Waals surface area contributed by atoms with Crippen molar-refractivity contribution in [3.05, 3.63) is 42.2 Å². The summed E-state index contributed by atoms with van der Waals surface area (Å²) in [6, 6.07) is 12.1. The van der Waals surface area contributed by atoms with Crippen LogP contribution in [0.4, 0.5) is 0 Å². The molecule has 5 nitrogen and oxygen atoms in total. The van der Waals surface area contributed by atoms with Crippen molar-refractivity contribution < 1.29 is 9.32 Å². The second-order valence-electron chi connectivity index (χ2n) is 7.45. The molecule has 1 heterocycles. The van der Waals surface area contributed by atoms with Crippen LogP contribution in [0.1, 0.15) is 50.7 Å². The Morgan fingerprint density at radius 1 is 1.19 bits per heavy atom. The molecule has 3 rings (SSSR count). The van der Waals surface area contributed by atoms with Gasteiger partial charge in [-0.15, -0.1) is 12.4 Å². The number of aryl methyl sites for hydroxylation is 1. The SMILES string of the molecule is CN(CCCCCc1cc(-c2ccccc2)no1)C(=O)C1(N)CCCC1.Cl. The Kier molecular flexibility index (Phi) is 7.87. The first-order valence-corrected chi connectivity index (χ1v) is 9.64. The molecule has 1 aromatic carbocycles. The molecule has 0 aliphatic heterocycles. The van der Waals surface area contributed by atoms with Gasteiger partial charge in [-0.25, -0.2) is 0 Å². The Morgan fingerprint density at radius 2 is 1.89 bits per heavy atom. The van der Waals surface area contributed by atoms with E-state index >= 15 is 0 Å². The Hall–Kier alpha value is -1.85. The zero-order valence-corrected chi connectivity index (χ0v) is 16.8. The van der Waals surface area contributed by atoms with Gasteiger partial charge >= 0.3 is 0 Å². The molecular weight excluding hydrogens is 362 g/mol. The fraction of sp³-hybridized carbons (Fsp3) is 0.524. The molecule has 0 radical (unpaired) electrons. The van der Waals surface area contributed by atoms with E-state index in [0.717, 1.165) is 74.9 Å². The molecule has 27 heavy (non-hydrogen) atoms. The smallest absolute Gasteiger partial charge is 0.242 e. The molecule has 1 aliphatic rings. The lowest BCUT2D eigenvalue weighted by atomic mass is 9.97.